The second-order valence-corrected chi connectivity index (χ2v) is 9.23. The standard InChI is InChI=1S/C14H23NO2Si/c1-5-15-13-8-6-9-14(12-13)17-10-7-11-18(3,4)16-2/h5-6,8-9,12H,7,10-11H2,1-4H3. The lowest BCUT2D eigenvalue weighted by Crippen LogP contribution is -2.28. The zero-order chi connectivity index (χ0) is 13.4. The van der Waals surface area contributed by atoms with E-state index in [9.17, 15) is 0 Å². The van der Waals surface area contributed by atoms with Gasteiger partial charge in [-0.05, 0) is 44.6 Å². The summed E-state index contributed by atoms with van der Waals surface area (Å²) in [7, 11) is 0.362. The van der Waals surface area contributed by atoms with Crippen LogP contribution < -0.4 is 4.74 Å². The molecule has 0 saturated heterocycles. The van der Waals surface area contributed by atoms with Crippen molar-refractivity contribution >= 4 is 20.2 Å². The fraction of sp³-hybridized carbons (Fsp3) is 0.500. The van der Waals surface area contributed by atoms with Crippen LogP contribution in [0, 0.1) is 0 Å². The van der Waals surface area contributed by atoms with Crippen LogP contribution in [0.5, 0.6) is 5.75 Å². The van der Waals surface area contributed by atoms with Gasteiger partial charge >= 0.3 is 0 Å². The second kappa shape index (κ2) is 7.33. The van der Waals surface area contributed by atoms with Crippen LogP contribution in [0.25, 0.3) is 0 Å². The molecule has 1 aromatic carbocycles. The molecule has 18 heavy (non-hydrogen) atoms. The first kappa shape index (κ1) is 14.9. The number of aliphatic imine (C=N–C) groups is 1. The second-order valence-electron chi connectivity index (χ2n) is 4.80. The molecule has 0 radical (unpaired) electrons. The van der Waals surface area contributed by atoms with E-state index in [1.165, 1.54) is 0 Å². The van der Waals surface area contributed by atoms with Gasteiger partial charge < -0.3 is 9.16 Å². The summed E-state index contributed by atoms with van der Waals surface area (Å²) in [6.07, 6.45) is 2.82. The molecular weight excluding hydrogens is 242 g/mol. The summed E-state index contributed by atoms with van der Waals surface area (Å²) >= 11 is 0. The van der Waals surface area contributed by atoms with Crippen molar-refractivity contribution in [3.8, 4) is 5.75 Å². The van der Waals surface area contributed by atoms with Gasteiger partial charge in [0, 0.05) is 19.4 Å². The van der Waals surface area contributed by atoms with Crippen molar-refractivity contribution in [1.82, 2.24) is 0 Å². The number of hydrogen-bond acceptors (Lipinski definition) is 3. The van der Waals surface area contributed by atoms with Gasteiger partial charge in [0.15, 0.2) is 8.32 Å². The van der Waals surface area contributed by atoms with Crippen molar-refractivity contribution in [2.75, 3.05) is 13.7 Å². The van der Waals surface area contributed by atoms with Crippen LogP contribution in [0.3, 0.4) is 0 Å². The van der Waals surface area contributed by atoms with Gasteiger partial charge in [-0.15, -0.1) is 0 Å². The quantitative estimate of drug-likeness (QED) is 0.423. The Balaban J connectivity index is 2.37. The Kier molecular flexibility index (Phi) is 6.08. The van der Waals surface area contributed by atoms with Crippen molar-refractivity contribution in [3.63, 3.8) is 0 Å². The molecule has 4 heteroatoms. The minimum absolute atomic E-state index is 0.735. The molecule has 1 rings (SSSR count). The van der Waals surface area contributed by atoms with Crippen LogP contribution in [-0.4, -0.2) is 28.2 Å². The first-order valence-corrected chi connectivity index (χ1v) is 9.45. The van der Waals surface area contributed by atoms with E-state index in [0.29, 0.717) is 0 Å². The van der Waals surface area contributed by atoms with E-state index in [1.807, 2.05) is 31.2 Å². The smallest absolute Gasteiger partial charge is 0.186 e. The van der Waals surface area contributed by atoms with Gasteiger partial charge in [0.25, 0.3) is 0 Å². The number of ether oxygens (including phenoxy) is 1. The monoisotopic (exact) mass is 265 g/mol. The normalized spacial score (nSPS) is 12.0. The first-order chi connectivity index (χ1) is 8.57. The van der Waals surface area contributed by atoms with Gasteiger partial charge in [0.05, 0.1) is 12.3 Å². The number of rotatable bonds is 7. The Morgan fingerprint density at radius 2 is 2.11 bits per heavy atom. The number of benzene rings is 1. The van der Waals surface area contributed by atoms with E-state index in [2.05, 4.69) is 18.1 Å². The maximum Gasteiger partial charge on any atom is 0.186 e. The Bertz CT molecular complexity index is 391. The minimum atomic E-state index is -1.44. The molecule has 1 aromatic rings. The summed E-state index contributed by atoms with van der Waals surface area (Å²) in [6.45, 7) is 7.09. The molecule has 0 saturated carbocycles. The zero-order valence-electron chi connectivity index (χ0n) is 11.8. The molecule has 0 fully saturated rings. The van der Waals surface area contributed by atoms with Crippen molar-refractivity contribution in [3.05, 3.63) is 24.3 Å². The Morgan fingerprint density at radius 3 is 2.78 bits per heavy atom. The van der Waals surface area contributed by atoms with Crippen LogP contribution in [-0.2, 0) is 4.43 Å². The molecule has 0 atom stereocenters. The van der Waals surface area contributed by atoms with E-state index >= 15 is 0 Å². The van der Waals surface area contributed by atoms with Crippen LogP contribution >= 0.6 is 0 Å². The summed E-state index contributed by atoms with van der Waals surface area (Å²) < 4.78 is 11.2. The van der Waals surface area contributed by atoms with Crippen LogP contribution in [0.15, 0.2) is 29.3 Å². The molecule has 0 amide bonds. The highest BCUT2D eigenvalue weighted by molar-refractivity contribution is 6.71. The third kappa shape index (κ3) is 5.47. The largest absolute Gasteiger partial charge is 0.494 e. The Labute approximate surface area is 111 Å². The molecule has 0 aromatic heterocycles. The number of nitrogens with zero attached hydrogens (tertiary/aromatic N) is 1. The Hall–Kier alpha value is -1.13. The van der Waals surface area contributed by atoms with Gasteiger partial charge in [-0.1, -0.05) is 6.07 Å². The maximum atomic E-state index is 5.73. The molecule has 100 valence electrons. The molecule has 0 N–H and O–H groups in total. The third-order valence-electron chi connectivity index (χ3n) is 2.84. The average Bonchev–Trinajstić information content (AvgIpc) is 2.36. The van der Waals surface area contributed by atoms with E-state index in [4.69, 9.17) is 9.16 Å². The molecule has 0 unspecified atom stereocenters. The van der Waals surface area contributed by atoms with Gasteiger partial charge in [0.1, 0.15) is 5.75 Å². The fourth-order valence-electron chi connectivity index (χ4n) is 1.59. The van der Waals surface area contributed by atoms with E-state index in [1.54, 1.807) is 13.3 Å². The predicted molar refractivity (Wildman–Crippen MR) is 79.7 cm³/mol. The predicted octanol–water partition coefficient (Wildman–Crippen LogP) is 4.03. The SMILES string of the molecule is CC=Nc1cccc(OCCC[Si](C)(C)OC)c1. The highest BCUT2D eigenvalue weighted by atomic mass is 28.4. The van der Waals surface area contributed by atoms with Crippen molar-refractivity contribution in [2.45, 2.75) is 32.5 Å². The van der Waals surface area contributed by atoms with Crippen LogP contribution in [0.4, 0.5) is 5.69 Å². The summed E-state index contributed by atoms with van der Waals surface area (Å²) in [5.74, 6) is 0.884. The summed E-state index contributed by atoms with van der Waals surface area (Å²) in [5, 5.41) is 0. The van der Waals surface area contributed by atoms with Crippen molar-refractivity contribution < 1.29 is 9.16 Å². The number of hydrogen-bond donors (Lipinski definition) is 0. The zero-order valence-corrected chi connectivity index (χ0v) is 12.8. The molecule has 0 aliphatic heterocycles. The van der Waals surface area contributed by atoms with Crippen LogP contribution in [0.2, 0.25) is 19.1 Å². The minimum Gasteiger partial charge on any atom is -0.494 e. The van der Waals surface area contributed by atoms with E-state index in [0.717, 1.165) is 30.5 Å². The maximum absolute atomic E-state index is 5.73. The molecule has 0 spiro atoms. The van der Waals surface area contributed by atoms with E-state index in [-0.39, 0.29) is 0 Å². The van der Waals surface area contributed by atoms with Gasteiger partial charge in [-0.25, -0.2) is 0 Å². The summed E-state index contributed by atoms with van der Waals surface area (Å²) in [6, 6.07) is 8.97. The third-order valence-corrected chi connectivity index (χ3v) is 5.50. The molecule has 0 heterocycles. The van der Waals surface area contributed by atoms with Gasteiger partial charge in [-0.2, -0.15) is 0 Å². The molecular formula is C14H23NO2Si. The average molecular weight is 265 g/mol. The lowest BCUT2D eigenvalue weighted by molar-refractivity contribution is 0.312. The van der Waals surface area contributed by atoms with Crippen LogP contribution in [0.1, 0.15) is 13.3 Å². The summed E-state index contributed by atoms with van der Waals surface area (Å²) in [5.41, 5.74) is 0.932. The molecule has 0 bridgehead atoms. The molecule has 3 nitrogen and oxygen atoms in total. The van der Waals surface area contributed by atoms with Gasteiger partial charge in [-0.3, -0.25) is 4.99 Å². The highest BCUT2D eigenvalue weighted by Crippen LogP contribution is 2.20. The van der Waals surface area contributed by atoms with Gasteiger partial charge in [0.2, 0.25) is 0 Å². The molecule has 0 aliphatic rings. The van der Waals surface area contributed by atoms with E-state index < -0.39 is 8.32 Å². The van der Waals surface area contributed by atoms with Crippen molar-refractivity contribution in [1.29, 1.82) is 0 Å². The Morgan fingerprint density at radius 1 is 1.33 bits per heavy atom. The topological polar surface area (TPSA) is 30.8 Å². The first-order valence-electron chi connectivity index (χ1n) is 6.34. The lowest BCUT2D eigenvalue weighted by Gasteiger charge is -2.19. The molecule has 0 aliphatic carbocycles. The fourth-order valence-corrected chi connectivity index (χ4v) is 2.79. The van der Waals surface area contributed by atoms with Crippen molar-refractivity contribution in [2.24, 2.45) is 4.99 Å². The lowest BCUT2D eigenvalue weighted by atomic mass is 10.3. The summed E-state index contributed by atoms with van der Waals surface area (Å²) in [4.78, 5) is 4.23. The highest BCUT2D eigenvalue weighted by Gasteiger charge is 2.19.